The second-order valence-corrected chi connectivity index (χ2v) is 2.02. The van der Waals surface area contributed by atoms with Gasteiger partial charge >= 0.3 is 0 Å². The number of rotatable bonds is 2. The highest BCUT2D eigenvalue weighted by Gasteiger charge is 2.09. The van der Waals surface area contributed by atoms with Gasteiger partial charge in [0.15, 0.2) is 11.6 Å². The molecular formula is C7H5FNO3. The van der Waals surface area contributed by atoms with E-state index in [0.717, 1.165) is 18.2 Å². The normalized spacial score (nSPS) is 9.50. The molecule has 0 aromatic heterocycles. The Hall–Kier alpha value is -1.65. The number of hydrogen-bond donors (Lipinski definition) is 0. The van der Waals surface area contributed by atoms with Crippen LogP contribution in [0, 0.1) is 23.0 Å². The second-order valence-electron chi connectivity index (χ2n) is 2.02. The maximum absolute atomic E-state index is 12.7. The first-order valence-electron chi connectivity index (χ1n) is 3.01. The van der Waals surface area contributed by atoms with E-state index >= 15 is 0 Å². The summed E-state index contributed by atoms with van der Waals surface area (Å²) in [6, 6.07) is 3.07. The summed E-state index contributed by atoms with van der Waals surface area (Å²) in [5, 5.41) is 10.1. The third-order valence-corrected chi connectivity index (χ3v) is 1.28. The molecular weight excluding hydrogens is 165 g/mol. The Morgan fingerprint density at radius 2 is 2.25 bits per heavy atom. The van der Waals surface area contributed by atoms with Gasteiger partial charge in [-0.2, -0.15) is 0 Å². The van der Waals surface area contributed by atoms with Gasteiger partial charge in [-0.15, -0.1) is 0 Å². The molecule has 1 rings (SSSR count). The Bertz CT molecular complexity index is 314. The molecule has 0 N–H and O–H groups in total. The van der Waals surface area contributed by atoms with Crippen molar-refractivity contribution in [2.75, 3.05) is 0 Å². The summed E-state index contributed by atoms with van der Waals surface area (Å²) in [6.45, 7) is 0. The van der Waals surface area contributed by atoms with Crippen LogP contribution in [0.2, 0.25) is 0 Å². The Labute approximate surface area is 67.7 Å². The second kappa shape index (κ2) is 3.17. The van der Waals surface area contributed by atoms with E-state index in [9.17, 15) is 14.5 Å². The van der Waals surface area contributed by atoms with E-state index in [1.54, 1.807) is 0 Å². The number of nitrogens with zero attached hydrogens (tertiary/aromatic N) is 1. The smallest absolute Gasteiger partial charge is 0.272 e. The van der Waals surface area contributed by atoms with E-state index in [1.165, 1.54) is 0 Å². The SMILES string of the molecule is [CH2]Oc1ccc([N+](=O)[O-])cc1F. The summed E-state index contributed by atoms with van der Waals surface area (Å²) in [6.07, 6.45) is 0. The van der Waals surface area contributed by atoms with E-state index in [4.69, 9.17) is 0 Å². The van der Waals surface area contributed by atoms with Crippen molar-refractivity contribution in [1.82, 2.24) is 0 Å². The van der Waals surface area contributed by atoms with Crippen LogP contribution in [0.25, 0.3) is 0 Å². The molecule has 63 valence electrons. The van der Waals surface area contributed by atoms with Crippen LogP contribution in [-0.2, 0) is 0 Å². The number of non-ortho nitro benzene ring substituents is 1. The Balaban J connectivity index is 3.10. The molecule has 5 heteroatoms. The van der Waals surface area contributed by atoms with Crippen molar-refractivity contribution >= 4 is 5.69 Å². The van der Waals surface area contributed by atoms with Gasteiger partial charge in [0.2, 0.25) is 0 Å². The summed E-state index contributed by atoms with van der Waals surface area (Å²) in [7, 11) is 2.98. The molecule has 0 aliphatic carbocycles. The van der Waals surface area contributed by atoms with Crippen molar-refractivity contribution in [3.8, 4) is 5.75 Å². The lowest BCUT2D eigenvalue weighted by Crippen LogP contribution is -1.90. The first-order chi connectivity index (χ1) is 5.65. The molecule has 0 fully saturated rings. The van der Waals surface area contributed by atoms with Crippen LogP contribution in [0.4, 0.5) is 10.1 Å². The minimum absolute atomic E-state index is 0.111. The van der Waals surface area contributed by atoms with Crippen LogP contribution in [0.15, 0.2) is 18.2 Å². The molecule has 0 bridgehead atoms. The minimum atomic E-state index is -0.792. The van der Waals surface area contributed by atoms with Crippen molar-refractivity contribution in [2.45, 2.75) is 0 Å². The van der Waals surface area contributed by atoms with Crippen LogP contribution < -0.4 is 4.74 Å². The van der Waals surface area contributed by atoms with Gasteiger partial charge in [0, 0.05) is 6.07 Å². The molecule has 0 atom stereocenters. The van der Waals surface area contributed by atoms with E-state index < -0.39 is 10.7 Å². The fourth-order valence-electron chi connectivity index (χ4n) is 0.720. The van der Waals surface area contributed by atoms with Crippen LogP contribution >= 0.6 is 0 Å². The first kappa shape index (κ1) is 8.45. The molecule has 0 amide bonds. The van der Waals surface area contributed by atoms with Crippen molar-refractivity contribution in [3.63, 3.8) is 0 Å². The van der Waals surface area contributed by atoms with Crippen molar-refractivity contribution < 1.29 is 14.1 Å². The number of nitro groups is 1. The Morgan fingerprint density at radius 3 is 2.67 bits per heavy atom. The monoisotopic (exact) mass is 170 g/mol. The molecule has 0 spiro atoms. The van der Waals surface area contributed by atoms with E-state index in [-0.39, 0.29) is 11.4 Å². The van der Waals surface area contributed by atoms with Crippen molar-refractivity contribution in [1.29, 1.82) is 0 Å². The zero-order chi connectivity index (χ0) is 9.14. The predicted molar refractivity (Wildman–Crippen MR) is 39.0 cm³/mol. The average molecular weight is 170 g/mol. The molecule has 0 aliphatic heterocycles. The molecule has 0 heterocycles. The number of halogens is 1. The van der Waals surface area contributed by atoms with Gasteiger partial charge in [0.05, 0.1) is 11.0 Å². The fourth-order valence-corrected chi connectivity index (χ4v) is 0.720. The van der Waals surface area contributed by atoms with Crippen LogP contribution in [0.1, 0.15) is 0 Å². The Morgan fingerprint density at radius 1 is 1.58 bits per heavy atom. The molecule has 4 nitrogen and oxygen atoms in total. The van der Waals surface area contributed by atoms with Crippen LogP contribution in [-0.4, -0.2) is 4.92 Å². The molecule has 0 saturated heterocycles. The van der Waals surface area contributed by atoms with Crippen molar-refractivity contribution in [2.24, 2.45) is 0 Å². The minimum Gasteiger partial charge on any atom is -0.487 e. The molecule has 1 radical (unpaired) electrons. The lowest BCUT2D eigenvalue weighted by atomic mass is 10.3. The van der Waals surface area contributed by atoms with Gasteiger partial charge in [-0.1, -0.05) is 0 Å². The molecule has 0 unspecified atom stereocenters. The molecule has 12 heavy (non-hydrogen) atoms. The molecule has 1 aromatic carbocycles. The highest BCUT2D eigenvalue weighted by atomic mass is 19.1. The Kier molecular flexibility index (Phi) is 2.23. The number of benzene rings is 1. The summed E-state index contributed by atoms with van der Waals surface area (Å²) in [4.78, 5) is 9.45. The number of nitro benzene ring substituents is 1. The summed E-state index contributed by atoms with van der Waals surface area (Å²) in [5.74, 6) is -0.903. The van der Waals surface area contributed by atoms with Gasteiger partial charge < -0.3 is 4.74 Å². The molecule has 0 saturated carbocycles. The zero-order valence-electron chi connectivity index (χ0n) is 5.99. The first-order valence-corrected chi connectivity index (χ1v) is 3.01. The van der Waals surface area contributed by atoms with E-state index in [0.29, 0.717) is 0 Å². The van der Waals surface area contributed by atoms with Gasteiger partial charge in [-0.05, 0) is 6.07 Å². The molecule has 1 aromatic rings. The van der Waals surface area contributed by atoms with E-state index in [2.05, 4.69) is 11.8 Å². The van der Waals surface area contributed by atoms with Crippen LogP contribution in [0.5, 0.6) is 5.75 Å². The topological polar surface area (TPSA) is 52.4 Å². The third-order valence-electron chi connectivity index (χ3n) is 1.28. The van der Waals surface area contributed by atoms with Crippen molar-refractivity contribution in [3.05, 3.63) is 41.2 Å². The lowest BCUT2D eigenvalue weighted by molar-refractivity contribution is -0.385. The predicted octanol–water partition coefficient (Wildman–Crippen LogP) is 1.90. The summed E-state index contributed by atoms with van der Waals surface area (Å²) in [5.41, 5.74) is -0.312. The highest BCUT2D eigenvalue weighted by Crippen LogP contribution is 2.21. The fraction of sp³-hybridized carbons (Fsp3) is 0. The zero-order valence-corrected chi connectivity index (χ0v) is 5.99. The summed E-state index contributed by atoms with van der Waals surface area (Å²) >= 11 is 0. The third kappa shape index (κ3) is 1.50. The van der Waals surface area contributed by atoms with Gasteiger partial charge in [-0.3, -0.25) is 10.1 Å². The number of ether oxygens (including phenoxy) is 1. The standard InChI is InChI=1S/C7H5FNO3/c1-12-7-3-2-5(9(10)11)4-6(7)8/h2-4H,1H2. The van der Waals surface area contributed by atoms with Gasteiger partial charge in [-0.25, -0.2) is 4.39 Å². The maximum atomic E-state index is 12.7. The largest absolute Gasteiger partial charge is 0.487 e. The maximum Gasteiger partial charge on any atom is 0.272 e. The summed E-state index contributed by atoms with van der Waals surface area (Å²) < 4.78 is 17.1. The van der Waals surface area contributed by atoms with Gasteiger partial charge in [0.1, 0.15) is 7.11 Å². The average Bonchev–Trinajstić information content (AvgIpc) is 2.04. The molecule has 0 aliphatic rings. The van der Waals surface area contributed by atoms with Gasteiger partial charge in [0.25, 0.3) is 5.69 Å². The number of hydrogen-bond acceptors (Lipinski definition) is 3. The highest BCUT2D eigenvalue weighted by molar-refractivity contribution is 5.37. The quantitative estimate of drug-likeness (QED) is 0.503. The van der Waals surface area contributed by atoms with Crippen LogP contribution in [0.3, 0.4) is 0 Å². The van der Waals surface area contributed by atoms with E-state index in [1.807, 2.05) is 0 Å². The lowest BCUT2D eigenvalue weighted by Gasteiger charge is -1.98.